The van der Waals surface area contributed by atoms with Gasteiger partial charge in [-0.25, -0.2) is 14.8 Å². The van der Waals surface area contributed by atoms with Gasteiger partial charge < -0.3 is 9.84 Å². The van der Waals surface area contributed by atoms with Crippen molar-refractivity contribution in [2.75, 3.05) is 7.11 Å². The maximum Gasteiger partial charge on any atom is 0.355 e. The van der Waals surface area contributed by atoms with E-state index in [1.807, 2.05) is 0 Å². The van der Waals surface area contributed by atoms with Crippen molar-refractivity contribution in [2.24, 2.45) is 0 Å². The zero-order valence-electron chi connectivity index (χ0n) is 7.97. The summed E-state index contributed by atoms with van der Waals surface area (Å²) in [6.45, 7) is 0. The van der Waals surface area contributed by atoms with Crippen molar-refractivity contribution in [3.63, 3.8) is 0 Å². The summed E-state index contributed by atoms with van der Waals surface area (Å²) in [5.41, 5.74) is 0.560. The Bertz CT molecular complexity index is 525. The van der Waals surface area contributed by atoms with Crippen molar-refractivity contribution in [2.45, 2.75) is 0 Å². The lowest BCUT2D eigenvalue weighted by Crippen LogP contribution is -2.01. The fourth-order valence-corrected chi connectivity index (χ4v) is 1.32. The molecule has 0 aromatic carbocycles. The lowest BCUT2D eigenvalue weighted by molar-refractivity contribution is 0.0693. The number of carbonyl (C=O) groups is 1. The molecular formula is C10H8N2O3. The highest BCUT2D eigenvalue weighted by Gasteiger charge is 2.10. The molecule has 0 aliphatic heterocycles. The van der Waals surface area contributed by atoms with E-state index in [1.54, 1.807) is 18.2 Å². The average molecular weight is 204 g/mol. The molecule has 0 atom stereocenters. The zero-order valence-corrected chi connectivity index (χ0v) is 7.97. The van der Waals surface area contributed by atoms with Crippen LogP contribution < -0.4 is 4.74 Å². The number of fused-ring (bicyclic) bond motifs is 1. The molecule has 1 N–H and O–H groups in total. The fourth-order valence-electron chi connectivity index (χ4n) is 1.32. The maximum atomic E-state index is 10.8. The van der Waals surface area contributed by atoms with Gasteiger partial charge in [-0.2, -0.15) is 0 Å². The van der Waals surface area contributed by atoms with Crippen molar-refractivity contribution in [3.05, 3.63) is 30.1 Å². The number of methoxy groups -OCH3 is 1. The Morgan fingerprint density at radius 2 is 2.20 bits per heavy atom. The van der Waals surface area contributed by atoms with Gasteiger partial charge in [0.1, 0.15) is 0 Å². The summed E-state index contributed by atoms with van der Waals surface area (Å²) >= 11 is 0. The molecule has 0 spiro atoms. The van der Waals surface area contributed by atoms with E-state index in [9.17, 15) is 4.79 Å². The summed E-state index contributed by atoms with van der Waals surface area (Å²) in [6.07, 6.45) is 1.41. The molecule has 0 saturated heterocycles. The molecule has 2 heterocycles. The van der Waals surface area contributed by atoms with E-state index in [0.717, 1.165) is 0 Å². The Kier molecular flexibility index (Phi) is 2.21. The number of carboxylic acids is 1. The molecule has 2 rings (SSSR count). The van der Waals surface area contributed by atoms with E-state index < -0.39 is 5.97 Å². The Morgan fingerprint density at radius 1 is 1.40 bits per heavy atom. The largest absolute Gasteiger partial charge is 0.481 e. The number of hydrogen-bond acceptors (Lipinski definition) is 4. The Morgan fingerprint density at radius 3 is 2.87 bits per heavy atom. The molecule has 0 aliphatic rings. The normalized spacial score (nSPS) is 10.2. The van der Waals surface area contributed by atoms with Gasteiger partial charge in [0, 0.05) is 17.6 Å². The first kappa shape index (κ1) is 9.39. The first-order chi connectivity index (χ1) is 7.22. The highest BCUT2D eigenvalue weighted by molar-refractivity contribution is 6.00. The first-order valence-corrected chi connectivity index (χ1v) is 4.25. The van der Waals surface area contributed by atoms with Gasteiger partial charge >= 0.3 is 5.97 Å². The minimum Gasteiger partial charge on any atom is -0.481 e. The molecule has 15 heavy (non-hydrogen) atoms. The highest BCUT2D eigenvalue weighted by Crippen LogP contribution is 2.18. The molecule has 0 aliphatic carbocycles. The van der Waals surface area contributed by atoms with Gasteiger partial charge in [0.05, 0.1) is 12.6 Å². The van der Waals surface area contributed by atoms with Crippen LogP contribution in [0.5, 0.6) is 5.88 Å². The fraction of sp³-hybridized carbons (Fsp3) is 0.100. The van der Waals surface area contributed by atoms with Crippen LogP contribution in [-0.2, 0) is 0 Å². The number of pyridine rings is 2. The second-order valence-electron chi connectivity index (χ2n) is 2.89. The monoisotopic (exact) mass is 204 g/mol. The minimum atomic E-state index is -1.06. The van der Waals surface area contributed by atoms with Crippen LogP contribution in [0.3, 0.4) is 0 Å². The third-order valence-electron chi connectivity index (χ3n) is 2.00. The summed E-state index contributed by atoms with van der Waals surface area (Å²) in [6, 6.07) is 4.89. The molecule has 5 nitrogen and oxygen atoms in total. The number of hydrogen-bond donors (Lipinski definition) is 1. The molecule has 0 radical (unpaired) electrons. The van der Waals surface area contributed by atoms with Crippen LogP contribution in [0.4, 0.5) is 0 Å². The Labute approximate surface area is 85.4 Å². The van der Waals surface area contributed by atoms with Gasteiger partial charge in [-0.3, -0.25) is 0 Å². The van der Waals surface area contributed by atoms with Gasteiger partial charge in [0.25, 0.3) is 0 Å². The van der Waals surface area contributed by atoms with Crippen LogP contribution in [0, 0.1) is 0 Å². The Balaban J connectivity index is 2.72. The SMILES string of the molecule is COc1ccc2c(C(=O)O)nccc2n1. The van der Waals surface area contributed by atoms with E-state index in [2.05, 4.69) is 9.97 Å². The predicted molar refractivity (Wildman–Crippen MR) is 53.0 cm³/mol. The van der Waals surface area contributed by atoms with Gasteiger partial charge in [0.2, 0.25) is 5.88 Å². The molecule has 0 amide bonds. The highest BCUT2D eigenvalue weighted by atomic mass is 16.5. The number of aromatic nitrogens is 2. The molecule has 0 unspecified atom stereocenters. The second kappa shape index (κ2) is 3.53. The van der Waals surface area contributed by atoms with E-state index in [-0.39, 0.29) is 5.69 Å². The summed E-state index contributed by atoms with van der Waals surface area (Å²) in [4.78, 5) is 18.7. The summed E-state index contributed by atoms with van der Waals surface area (Å²) in [5, 5.41) is 9.39. The predicted octanol–water partition coefficient (Wildman–Crippen LogP) is 1.34. The Hall–Kier alpha value is -2.17. The van der Waals surface area contributed by atoms with Crippen molar-refractivity contribution in [3.8, 4) is 5.88 Å². The average Bonchev–Trinajstić information content (AvgIpc) is 2.27. The van der Waals surface area contributed by atoms with Gasteiger partial charge in [-0.15, -0.1) is 0 Å². The summed E-state index contributed by atoms with van der Waals surface area (Å²) in [5.74, 6) is -0.613. The molecule has 0 saturated carbocycles. The third kappa shape index (κ3) is 1.59. The molecule has 0 fully saturated rings. The molecule has 2 aromatic heterocycles. The van der Waals surface area contributed by atoms with Crippen molar-refractivity contribution < 1.29 is 14.6 Å². The molecule has 76 valence electrons. The number of carboxylic acid groups (broad SMARTS) is 1. The van der Waals surface area contributed by atoms with Gasteiger partial charge in [0.15, 0.2) is 5.69 Å². The molecule has 2 aromatic rings. The first-order valence-electron chi connectivity index (χ1n) is 4.25. The van der Waals surface area contributed by atoms with Crippen LogP contribution >= 0.6 is 0 Å². The minimum absolute atomic E-state index is 0.00246. The molecule has 5 heteroatoms. The number of rotatable bonds is 2. The van der Waals surface area contributed by atoms with Crippen LogP contribution in [0.2, 0.25) is 0 Å². The third-order valence-corrected chi connectivity index (χ3v) is 2.00. The maximum absolute atomic E-state index is 10.8. The molecular weight excluding hydrogens is 196 g/mol. The van der Waals surface area contributed by atoms with Crippen LogP contribution in [0.25, 0.3) is 10.9 Å². The van der Waals surface area contributed by atoms with Crippen molar-refractivity contribution in [1.82, 2.24) is 9.97 Å². The van der Waals surface area contributed by atoms with Crippen LogP contribution in [0.1, 0.15) is 10.5 Å². The molecule has 0 bridgehead atoms. The van der Waals surface area contributed by atoms with Gasteiger partial charge in [-0.1, -0.05) is 0 Å². The van der Waals surface area contributed by atoms with E-state index in [4.69, 9.17) is 9.84 Å². The van der Waals surface area contributed by atoms with E-state index >= 15 is 0 Å². The lowest BCUT2D eigenvalue weighted by Gasteiger charge is -2.02. The second-order valence-corrected chi connectivity index (χ2v) is 2.89. The summed E-state index contributed by atoms with van der Waals surface area (Å²) < 4.78 is 4.94. The number of nitrogens with zero attached hydrogens (tertiary/aromatic N) is 2. The lowest BCUT2D eigenvalue weighted by atomic mass is 10.2. The van der Waals surface area contributed by atoms with Crippen molar-refractivity contribution >= 4 is 16.9 Å². The van der Waals surface area contributed by atoms with E-state index in [0.29, 0.717) is 16.8 Å². The number of ether oxygens (including phenoxy) is 1. The topological polar surface area (TPSA) is 72.3 Å². The van der Waals surface area contributed by atoms with Crippen molar-refractivity contribution in [1.29, 1.82) is 0 Å². The van der Waals surface area contributed by atoms with Crippen LogP contribution in [0.15, 0.2) is 24.4 Å². The summed E-state index contributed by atoms with van der Waals surface area (Å²) in [7, 11) is 1.51. The smallest absolute Gasteiger partial charge is 0.355 e. The van der Waals surface area contributed by atoms with Crippen LogP contribution in [-0.4, -0.2) is 28.2 Å². The standard InChI is InChI=1S/C10H8N2O3/c1-15-8-3-2-6-7(12-8)4-5-11-9(6)10(13)14/h2-5H,1H3,(H,13,14). The number of aromatic carboxylic acids is 1. The van der Waals surface area contributed by atoms with Gasteiger partial charge in [-0.05, 0) is 12.1 Å². The van der Waals surface area contributed by atoms with E-state index in [1.165, 1.54) is 13.3 Å². The quantitative estimate of drug-likeness (QED) is 0.799. The zero-order chi connectivity index (χ0) is 10.8.